The SMILES string of the molecule is CCC1CCNC(c2nc(C3CCC(C)CC3)no2)C1. The Kier molecular flexibility index (Phi) is 4.39. The van der Waals surface area contributed by atoms with E-state index in [2.05, 4.69) is 24.3 Å². The first-order valence-electron chi connectivity index (χ1n) is 8.33. The molecule has 1 saturated heterocycles. The highest BCUT2D eigenvalue weighted by molar-refractivity contribution is 5.01. The van der Waals surface area contributed by atoms with E-state index in [1.54, 1.807) is 0 Å². The summed E-state index contributed by atoms with van der Waals surface area (Å²) in [5.74, 6) is 3.95. The molecular formula is C16H27N3O. The highest BCUT2D eigenvalue weighted by atomic mass is 16.5. The molecule has 112 valence electrons. The van der Waals surface area contributed by atoms with Crippen molar-refractivity contribution in [3.05, 3.63) is 11.7 Å². The quantitative estimate of drug-likeness (QED) is 0.912. The number of piperidine rings is 1. The predicted molar refractivity (Wildman–Crippen MR) is 78.4 cm³/mol. The van der Waals surface area contributed by atoms with Gasteiger partial charge < -0.3 is 9.84 Å². The Morgan fingerprint density at radius 1 is 1.20 bits per heavy atom. The van der Waals surface area contributed by atoms with Crippen LogP contribution >= 0.6 is 0 Å². The number of hydrogen-bond acceptors (Lipinski definition) is 4. The molecule has 3 rings (SSSR count). The molecule has 1 N–H and O–H groups in total. The van der Waals surface area contributed by atoms with Crippen LogP contribution in [0.15, 0.2) is 4.52 Å². The molecule has 2 aliphatic rings. The number of nitrogens with zero attached hydrogens (tertiary/aromatic N) is 2. The van der Waals surface area contributed by atoms with Gasteiger partial charge in [0.15, 0.2) is 5.82 Å². The molecule has 0 bridgehead atoms. The van der Waals surface area contributed by atoms with E-state index in [-0.39, 0.29) is 6.04 Å². The average molecular weight is 277 g/mol. The first-order chi connectivity index (χ1) is 9.76. The van der Waals surface area contributed by atoms with Crippen molar-refractivity contribution in [2.24, 2.45) is 11.8 Å². The van der Waals surface area contributed by atoms with Crippen LogP contribution in [0.1, 0.15) is 82.5 Å². The lowest BCUT2D eigenvalue weighted by molar-refractivity contribution is 0.244. The molecule has 1 aliphatic heterocycles. The van der Waals surface area contributed by atoms with Crippen molar-refractivity contribution >= 4 is 0 Å². The Morgan fingerprint density at radius 3 is 2.75 bits per heavy atom. The highest BCUT2D eigenvalue weighted by Gasteiger charge is 2.28. The Labute approximate surface area is 121 Å². The third-order valence-electron chi connectivity index (χ3n) is 5.23. The molecular weight excluding hydrogens is 250 g/mol. The number of rotatable bonds is 3. The maximum Gasteiger partial charge on any atom is 0.243 e. The van der Waals surface area contributed by atoms with Gasteiger partial charge in [0, 0.05) is 5.92 Å². The van der Waals surface area contributed by atoms with E-state index >= 15 is 0 Å². The van der Waals surface area contributed by atoms with Crippen molar-refractivity contribution in [2.75, 3.05) is 6.54 Å². The Balaban J connectivity index is 1.64. The van der Waals surface area contributed by atoms with Crippen molar-refractivity contribution in [2.45, 2.75) is 70.8 Å². The fraction of sp³-hybridized carbons (Fsp3) is 0.875. The van der Waals surface area contributed by atoms with Gasteiger partial charge in [0.1, 0.15) is 0 Å². The second-order valence-corrected chi connectivity index (χ2v) is 6.75. The smallest absolute Gasteiger partial charge is 0.243 e. The molecule has 2 atom stereocenters. The molecule has 1 aromatic heterocycles. The monoisotopic (exact) mass is 277 g/mol. The molecule has 2 unspecified atom stereocenters. The summed E-state index contributed by atoms with van der Waals surface area (Å²) in [5.41, 5.74) is 0. The van der Waals surface area contributed by atoms with Gasteiger partial charge in [0.05, 0.1) is 6.04 Å². The van der Waals surface area contributed by atoms with Crippen LogP contribution in [-0.4, -0.2) is 16.7 Å². The molecule has 0 amide bonds. The summed E-state index contributed by atoms with van der Waals surface area (Å²) in [7, 11) is 0. The lowest BCUT2D eigenvalue weighted by Crippen LogP contribution is -2.31. The molecule has 2 heterocycles. The zero-order valence-electron chi connectivity index (χ0n) is 12.8. The Bertz CT molecular complexity index is 423. The summed E-state index contributed by atoms with van der Waals surface area (Å²) in [6, 6.07) is 0.275. The molecule has 1 aromatic rings. The molecule has 1 saturated carbocycles. The van der Waals surface area contributed by atoms with Gasteiger partial charge >= 0.3 is 0 Å². The van der Waals surface area contributed by atoms with Crippen LogP contribution in [0.2, 0.25) is 0 Å². The third kappa shape index (κ3) is 3.05. The van der Waals surface area contributed by atoms with Crippen LogP contribution in [0.25, 0.3) is 0 Å². The predicted octanol–water partition coefficient (Wildman–Crippen LogP) is 3.81. The largest absolute Gasteiger partial charge is 0.338 e. The molecule has 0 aromatic carbocycles. The molecule has 4 nitrogen and oxygen atoms in total. The van der Waals surface area contributed by atoms with E-state index in [0.717, 1.165) is 36.5 Å². The van der Waals surface area contributed by atoms with Gasteiger partial charge in [-0.2, -0.15) is 4.98 Å². The van der Waals surface area contributed by atoms with Gasteiger partial charge in [0.25, 0.3) is 0 Å². The zero-order valence-corrected chi connectivity index (χ0v) is 12.8. The fourth-order valence-corrected chi connectivity index (χ4v) is 3.63. The van der Waals surface area contributed by atoms with E-state index < -0.39 is 0 Å². The highest BCUT2D eigenvalue weighted by Crippen LogP contribution is 2.35. The second-order valence-electron chi connectivity index (χ2n) is 6.75. The molecule has 2 fully saturated rings. The summed E-state index contributed by atoms with van der Waals surface area (Å²) >= 11 is 0. The third-order valence-corrected chi connectivity index (χ3v) is 5.23. The summed E-state index contributed by atoms with van der Waals surface area (Å²) in [5, 5.41) is 7.79. The Morgan fingerprint density at radius 2 is 2.00 bits per heavy atom. The second kappa shape index (κ2) is 6.25. The number of nitrogens with one attached hydrogen (secondary N) is 1. The molecule has 4 heteroatoms. The first kappa shape index (κ1) is 14.1. The minimum absolute atomic E-state index is 0.275. The summed E-state index contributed by atoms with van der Waals surface area (Å²) in [4.78, 5) is 4.71. The molecule has 20 heavy (non-hydrogen) atoms. The lowest BCUT2D eigenvalue weighted by atomic mass is 9.83. The van der Waals surface area contributed by atoms with Crippen LogP contribution in [0.5, 0.6) is 0 Å². The first-order valence-corrected chi connectivity index (χ1v) is 8.33. The van der Waals surface area contributed by atoms with Crippen LogP contribution in [-0.2, 0) is 0 Å². The van der Waals surface area contributed by atoms with Crippen molar-refractivity contribution in [1.29, 1.82) is 0 Å². The molecule has 1 aliphatic carbocycles. The zero-order chi connectivity index (χ0) is 13.9. The lowest BCUT2D eigenvalue weighted by Gasteiger charge is -2.27. The van der Waals surface area contributed by atoms with Gasteiger partial charge in [-0.25, -0.2) is 0 Å². The summed E-state index contributed by atoms with van der Waals surface area (Å²) in [6.45, 7) is 5.69. The molecule has 0 radical (unpaired) electrons. The van der Waals surface area contributed by atoms with Crippen molar-refractivity contribution in [3.8, 4) is 0 Å². The minimum atomic E-state index is 0.275. The van der Waals surface area contributed by atoms with Gasteiger partial charge in [-0.05, 0) is 44.1 Å². The fourth-order valence-electron chi connectivity index (χ4n) is 3.63. The van der Waals surface area contributed by atoms with Crippen LogP contribution in [0.4, 0.5) is 0 Å². The Hall–Kier alpha value is -0.900. The maximum atomic E-state index is 5.55. The number of hydrogen-bond donors (Lipinski definition) is 1. The standard InChI is InChI=1S/C16H27N3O/c1-3-12-8-9-17-14(10-12)16-18-15(19-20-16)13-6-4-11(2)5-7-13/h11-14,17H,3-10H2,1-2H3. The van der Waals surface area contributed by atoms with Crippen LogP contribution in [0, 0.1) is 11.8 Å². The van der Waals surface area contributed by atoms with Crippen molar-refractivity contribution in [3.63, 3.8) is 0 Å². The maximum absolute atomic E-state index is 5.55. The van der Waals surface area contributed by atoms with Crippen LogP contribution < -0.4 is 5.32 Å². The van der Waals surface area contributed by atoms with Gasteiger partial charge in [-0.3, -0.25) is 0 Å². The van der Waals surface area contributed by atoms with Crippen LogP contribution in [0.3, 0.4) is 0 Å². The van der Waals surface area contributed by atoms with E-state index in [1.807, 2.05) is 0 Å². The average Bonchev–Trinajstić information content (AvgIpc) is 2.98. The van der Waals surface area contributed by atoms with E-state index in [0.29, 0.717) is 5.92 Å². The van der Waals surface area contributed by atoms with E-state index in [1.165, 1.54) is 38.5 Å². The van der Waals surface area contributed by atoms with E-state index in [4.69, 9.17) is 9.51 Å². The topological polar surface area (TPSA) is 51.0 Å². The van der Waals surface area contributed by atoms with Gasteiger partial charge in [-0.1, -0.05) is 38.3 Å². The minimum Gasteiger partial charge on any atom is -0.338 e. The number of aromatic nitrogens is 2. The molecule has 0 spiro atoms. The van der Waals surface area contributed by atoms with Crippen molar-refractivity contribution < 1.29 is 4.52 Å². The van der Waals surface area contributed by atoms with Gasteiger partial charge in [-0.15, -0.1) is 0 Å². The van der Waals surface area contributed by atoms with Gasteiger partial charge in [0.2, 0.25) is 5.89 Å². The summed E-state index contributed by atoms with van der Waals surface area (Å²) < 4.78 is 5.55. The summed E-state index contributed by atoms with van der Waals surface area (Å²) in [6.07, 6.45) is 8.70. The van der Waals surface area contributed by atoms with E-state index in [9.17, 15) is 0 Å². The van der Waals surface area contributed by atoms with Crippen molar-refractivity contribution in [1.82, 2.24) is 15.5 Å². The normalized spacial score (nSPS) is 35.1.